The van der Waals surface area contributed by atoms with E-state index in [1.165, 1.54) is 24.3 Å². The summed E-state index contributed by atoms with van der Waals surface area (Å²) < 4.78 is 53.3. The first-order valence-electron chi connectivity index (χ1n) is 10.5. The maximum absolute atomic E-state index is 15.3. The molecule has 0 aliphatic carbocycles. The number of carbonyl (C=O) groups is 2. The van der Waals surface area contributed by atoms with E-state index in [2.05, 4.69) is 0 Å². The van der Waals surface area contributed by atoms with Crippen LogP contribution in [0.5, 0.6) is 0 Å². The number of hydrogen-bond acceptors (Lipinski definition) is 4. The smallest absolute Gasteiger partial charge is 0.241 e. The van der Waals surface area contributed by atoms with Crippen LogP contribution >= 0.6 is 0 Å². The second-order valence-corrected chi connectivity index (χ2v) is 11.9. The number of nitrogens with zero attached hydrogens (tertiary/aromatic N) is 1. The first-order valence-corrected chi connectivity index (χ1v) is 12.3. The molecule has 0 atom stereocenters. The molecule has 0 saturated carbocycles. The van der Waals surface area contributed by atoms with Gasteiger partial charge in [0.1, 0.15) is 21.5 Å². The van der Waals surface area contributed by atoms with Crippen molar-refractivity contribution in [1.29, 1.82) is 0 Å². The van der Waals surface area contributed by atoms with Crippen LogP contribution in [0.15, 0.2) is 36.4 Å². The van der Waals surface area contributed by atoms with Crippen LogP contribution in [0.25, 0.3) is 0 Å². The number of hydrogen-bond donors (Lipinski definition) is 0. The predicted octanol–water partition coefficient (Wildman–Crippen LogP) is 4.71. The number of benzene rings is 2. The summed E-state index contributed by atoms with van der Waals surface area (Å²) in [5, 5.41) is 0. The van der Waals surface area contributed by atoms with Crippen molar-refractivity contribution in [3.05, 3.63) is 59.2 Å². The van der Waals surface area contributed by atoms with E-state index in [1.807, 2.05) is 6.92 Å². The van der Waals surface area contributed by atoms with Gasteiger partial charge in [-0.05, 0) is 61.9 Å². The number of anilines is 2. The van der Waals surface area contributed by atoms with Gasteiger partial charge >= 0.3 is 0 Å². The second-order valence-electron chi connectivity index (χ2n) is 9.63. The minimum atomic E-state index is -3.07. The molecular formula is C24H25F2NO4S. The number of sulfone groups is 1. The molecule has 170 valence electrons. The highest BCUT2D eigenvalue weighted by Gasteiger charge is 2.47. The number of amides is 1. The van der Waals surface area contributed by atoms with Gasteiger partial charge in [-0.2, -0.15) is 0 Å². The number of halogens is 2. The summed E-state index contributed by atoms with van der Waals surface area (Å²) >= 11 is 0. The Balaban J connectivity index is 1.71. The van der Waals surface area contributed by atoms with Crippen molar-refractivity contribution in [3.63, 3.8) is 0 Å². The van der Waals surface area contributed by atoms with Gasteiger partial charge < -0.3 is 0 Å². The molecule has 1 amide bonds. The lowest BCUT2D eigenvalue weighted by Crippen LogP contribution is -2.33. The van der Waals surface area contributed by atoms with Gasteiger partial charge in [0.2, 0.25) is 5.91 Å². The van der Waals surface area contributed by atoms with E-state index < -0.39 is 38.2 Å². The molecule has 0 radical (unpaired) electrons. The average molecular weight is 462 g/mol. The molecule has 5 nitrogen and oxygen atoms in total. The number of para-hydroxylation sites is 1. The fraction of sp³-hybridized carbons (Fsp3) is 0.417. The van der Waals surface area contributed by atoms with Crippen molar-refractivity contribution in [2.75, 3.05) is 16.4 Å². The molecule has 2 aliphatic heterocycles. The van der Waals surface area contributed by atoms with E-state index in [0.717, 1.165) is 11.0 Å². The largest absolute Gasteiger partial charge is 0.294 e. The van der Waals surface area contributed by atoms with E-state index in [-0.39, 0.29) is 40.6 Å². The Labute approximate surface area is 186 Å². The SMILES string of the molecule is CC1(CC(=O)c2cc(F)c3c(c2)C(C)(C)C(=O)N3c2ccccc2F)CCS(=O)(=O)CC1. The zero-order valence-electron chi connectivity index (χ0n) is 18.2. The lowest BCUT2D eigenvalue weighted by atomic mass is 9.78. The Kier molecular flexibility index (Phi) is 5.27. The third-order valence-electron chi connectivity index (χ3n) is 6.73. The van der Waals surface area contributed by atoms with Crippen LogP contribution in [-0.2, 0) is 20.0 Å². The average Bonchev–Trinajstić information content (AvgIpc) is 2.92. The summed E-state index contributed by atoms with van der Waals surface area (Å²) in [6, 6.07) is 8.27. The Bertz CT molecular complexity index is 1220. The minimum Gasteiger partial charge on any atom is -0.294 e. The van der Waals surface area contributed by atoms with Crippen molar-refractivity contribution in [1.82, 2.24) is 0 Å². The van der Waals surface area contributed by atoms with Crippen LogP contribution in [-0.4, -0.2) is 31.6 Å². The van der Waals surface area contributed by atoms with E-state index in [4.69, 9.17) is 0 Å². The van der Waals surface area contributed by atoms with E-state index in [9.17, 15) is 22.4 Å². The quantitative estimate of drug-likeness (QED) is 0.619. The van der Waals surface area contributed by atoms with E-state index in [0.29, 0.717) is 18.4 Å². The molecule has 1 saturated heterocycles. The Morgan fingerprint density at radius 3 is 2.28 bits per heavy atom. The molecule has 8 heteroatoms. The standard InChI is InChI=1S/C24H25F2NO4S/c1-23(2)16-12-15(20(28)14-24(3)8-10-32(30,31)11-9-24)13-18(26)21(16)27(22(23)29)19-7-5-4-6-17(19)25/h4-7,12-13H,8-11,14H2,1-3H3. The normalized spacial score (nSPS) is 20.8. The Morgan fingerprint density at radius 2 is 1.66 bits per heavy atom. The van der Waals surface area contributed by atoms with E-state index >= 15 is 4.39 Å². The van der Waals surface area contributed by atoms with Crippen molar-refractivity contribution in [3.8, 4) is 0 Å². The van der Waals surface area contributed by atoms with Gasteiger partial charge in [-0.25, -0.2) is 17.2 Å². The van der Waals surface area contributed by atoms with Crippen LogP contribution in [0.3, 0.4) is 0 Å². The zero-order chi connectivity index (χ0) is 23.5. The fourth-order valence-electron chi connectivity index (χ4n) is 4.52. The number of Topliss-reactive ketones (excluding diaryl/α,β-unsaturated/α-hetero) is 1. The highest BCUT2D eigenvalue weighted by Crippen LogP contribution is 2.48. The molecule has 0 N–H and O–H groups in total. The third-order valence-corrected chi connectivity index (χ3v) is 8.39. The summed E-state index contributed by atoms with van der Waals surface area (Å²) in [5.41, 5.74) is -1.27. The molecule has 4 rings (SSSR count). The van der Waals surface area contributed by atoms with Gasteiger partial charge in [0.25, 0.3) is 0 Å². The zero-order valence-corrected chi connectivity index (χ0v) is 19.1. The molecule has 32 heavy (non-hydrogen) atoms. The van der Waals surface area contributed by atoms with Gasteiger partial charge in [0.05, 0.1) is 28.3 Å². The Morgan fingerprint density at radius 1 is 1.03 bits per heavy atom. The summed E-state index contributed by atoms with van der Waals surface area (Å²) in [4.78, 5) is 27.2. The van der Waals surface area contributed by atoms with Crippen LogP contribution in [0, 0.1) is 17.0 Å². The van der Waals surface area contributed by atoms with Gasteiger partial charge in [0, 0.05) is 12.0 Å². The van der Waals surface area contributed by atoms with Gasteiger partial charge in [-0.1, -0.05) is 19.1 Å². The first kappa shape index (κ1) is 22.6. The lowest BCUT2D eigenvalue weighted by molar-refractivity contribution is -0.121. The van der Waals surface area contributed by atoms with Crippen LogP contribution < -0.4 is 4.90 Å². The highest BCUT2D eigenvalue weighted by atomic mass is 32.2. The minimum absolute atomic E-state index is 0.0362. The molecule has 0 bridgehead atoms. The van der Waals surface area contributed by atoms with Gasteiger partial charge in [0.15, 0.2) is 5.78 Å². The molecular weight excluding hydrogens is 436 g/mol. The molecule has 2 aromatic rings. The van der Waals surface area contributed by atoms with Crippen LogP contribution in [0.2, 0.25) is 0 Å². The Hall–Kier alpha value is -2.61. The molecule has 2 heterocycles. The number of carbonyl (C=O) groups excluding carboxylic acids is 2. The third kappa shape index (κ3) is 3.74. The van der Waals surface area contributed by atoms with Crippen molar-refractivity contribution >= 4 is 32.9 Å². The van der Waals surface area contributed by atoms with Crippen molar-refractivity contribution < 1.29 is 26.8 Å². The monoisotopic (exact) mass is 461 g/mol. The molecule has 0 aromatic heterocycles. The number of ketones is 1. The van der Waals surface area contributed by atoms with Gasteiger partial charge in [-0.3, -0.25) is 14.5 Å². The molecule has 1 fully saturated rings. The summed E-state index contributed by atoms with van der Waals surface area (Å²) in [7, 11) is -3.07. The molecule has 0 spiro atoms. The maximum atomic E-state index is 15.3. The highest BCUT2D eigenvalue weighted by molar-refractivity contribution is 7.91. The fourth-order valence-corrected chi connectivity index (χ4v) is 6.33. The first-order chi connectivity index (χ1) is 14.8. The van der Waals surface area contributed by atoms with Crippen molar-refractivity contribution in [2.24, 2.45) is 5.41 Å². The molecule has 0 unspecified atom stereocenters. The van der Waals surface area contributed by atoms with Crippen molar-refractivity contribution in [2.45, 2.75) is 45.4 Å². The number of fused-ring (bicyclic) bond motifs is 1. The second kappa shape index (κ2) is 7.47. The number of rotatable bonds is 4. The topological polar surface area (TPSA) is 71.5 Å². The van der Waals surface area contributed by atoms with Crippen LogP contribution in [0.1, 0.15) is 56.0 Å². The maximum Gasteiger partial charge on any atom is 0.241 e. The molecule has 2 aromatic carbocycles. The van der Waals surface area contributed by atoms with Crippen LogP contribution in [0.4, 0.5) is 20.2 Å². The van der Waals surface area contributed by atoms with Gasteiger partial charge in [-0.15, -0.1) is 0 Å². The summed E-state index contributed by atoms with van der Waals surface area (Å²) in [6.45, 7) is 5.11. The summed E-state index contributed by atoms with van der Waals surface area (Å²) in [6.07, 6.45) is 0.839. The lowest BCUT2D eigenvalue weighted by Gasteiger charge is -2.32. The predicted molar refractivity (Wildman–Crippen MR) is 118 cm³/mol. The summed E-state index contributed by atoms with van der Waals surface area (Å²) in [5.74, 6) is -2.14. The van der Waals surface area contributed by atoms with E-state index in [1.54, 1.807) is 19.9 Å². The molecule has 2 aliphatic rings.